The largest absolute Gasteiger partial charge is 0.354 e. The van der Waals surface area contributed by atoms with Gasteiger partial charge in [0, 0.05) is 30.2 Å². The average molecular weight is 413 g/mol. The zero-order valence-electron chi connectivity index (χ0n) is 17.5. The molecule has 0 aliphatic heterocycles. The molecule has 0 saturated heterocycles. The Kier molecular flexibility index (Phi) is 10.4. The van der Waals surface area contributed by atoms with Crippen LogP contribution in [0, 0.1) is 0 Å². The van der Waals surface area contributed by atoms with E-state index in [1.807, 2.05) is 55.5 Å². The zero-order chi connectivity index (χ0) is 20.9. The number of thioether (sulfide) groups is 1. The third-order valence-electron chi connectivity index (χ3n) is 4.81. The fourth-order valence-corrected chi connectivity index (χ4v) is 3.88. The molecular weight excluding hydrogens is 380 g/mol. The molecule has 5 heteroatoms. The van der Waals surface area contributed by atoms with E-state index >= 15 is 0 Å². The van der Waals surface area contributed by atoms with E-state index < -0.39 is 6.04 Å². The standard InChI is InChI=1S/C24H32N2O2S/c1-3-4-17-25-24(28)20(2)26(18-15-21-11-7-5-8-12-21)23(27)16-19-29-22-13-9-6-10-14-22/h5-14,20H,3-4,15-19H2,1-2H3,(H,25,28). The Morgan fingerprint density at radius 2 is 1.69 bits per heavy atom. The monoisotopic (exact) mass is 412 g/mol. The maximum atomic E-state index is 13.0. The summed E-state index contributed by atoms with van der Waals surface area (Å²) in [5.41, 5.74) is 1.17. The molecule has 0 heterocycles. The second-order valence-corrected chi connectivity index (χ2v) is 8.22. The van der Waals surface area contributed by atoms with E-state index in [0.717, 1.165) is 24.2 Å². The lowest BCUT2D eigenvalue weighted by molar-refractivity contribution is -0.139. The lowest BCUT2D eigenvalue weighted by Crippen LogP contribution is -2.49. The van der Waals surface area contributed by atoms with Crippen molar-refractivity contribution in [2.75, 3.05) is 18.8 Å². The third kappa shape index (κ3) is 8.32. The Morgan fingerprint density at radius 3 is 2.34 bits per heavy atom. The van der Waals surface area contributed by atoms with Crippen LogP contribution in [0.15, 0.2) is 65.6 Å². The summed E-state index contributed by atoms with van der Waals surface area (Å²) in [4.78, 5) is 28.4. The van der Waals surface area contributed by atoms with E-state index in [0.29, 0.717) is 25.3 Å². The highest BCUT2D eigenvalue weighted by Gasteiger charge is 2.25. The molecule has 1 unspecified atom stereocenters. The van der Waals surface area contributed by atoms with Crippen molar-refractivity contribution in [3.05, 3.63) is 66.2 Å². The molecule has 0 aliphatic carbocycles. The van der Waals surface area contributed by atoms with E-state index in [-0.39, 0.29) is 11.8 Å². The molecule has 156 valence electrons. The molecule has 2 aromatic carbocycles. The van der Waals surface area contributed by atoms with Crippen molar-refractivity contribution in [3.8, 4) is 0 Å². The van der Waals surface area contributed by atoms with E-state index in [1.165, 1.54) is 5.56 Å². The molecule has 0 fully saturated rings. The first kappa shape index (κ1) is 23.0. The van der Waals surface area contributed by atoms with Crippen molar-refractivity contribution in [3.63, 3.8) is 0 Å². The van der Waals surface area contributed by atoms with Gasteiger partial charge in [0.05, 0.1) is 0 Å². The number of hydrogen-bond acceptors (Lipinski definition) is 3. The van der Waals surface area contributed by atoms with Crippen LogP contribution in [-0.2, 0) is 16.0 Å². The summed E-state index contributed by atoms with van der Waals surface area (Å²) in [6, 6.07) is 19.7. The van der Waals surface area contributed by atoms with Crippen LogP contribution in [0.5, 0.6) is 0 Å². The summed E-state index contributed by atoms with van der Waals surface area (Å²) >= 11 is 1.67. The molecule has 1 atom stereocenters. The van der Waals surface area contributed by atoms with Crippen LogP contribution in [0.1, 0.15) is 38.7 Å². The highest BCUT2D eigenvalue weighted by Crippen LogP contribution is 2.19. The minimum Gasteiger partial charge on any atom is -0.354 e. The van der Waals surface area contributed by atoms with E-state index in [1.54, 1.807) is 16.7 Å². The highest BCUT2D eigenvalue weighted by atomic mass is 32.2. The van der Waals surface area contributed by atoms with Crippen molar-refractivity contribution < 1.29 is 9.59 Å². The maximum absolute atomic E-state index is 13.0. The fourth-order valence-electron chi connectivity index (χ4n) is 3.02. The van der Waals surface area contributed by atoms with Gasteiger partial charge in [-0.3, -0.25) is 9.59 Å². The van der Waals surface area contributed by atoms with Gasteiger partial charge in [-0.05, 0) is 37.5 Å². The second-order valence-electron chi connectivity index (χ2n) is 7.05. The number of carbonyl (C=O) groups is 2. The lowest BCUT2D eigenvalue weighted by atomic mass is 10.1. The lowest BCUT2D eigenvalue weighted by Gasteiger charge is -2.29. The highest BCUT2D eigenvalue weighted by molar-refractivity contribution is 7.99. The number of benzene rings is 2. The molecule has 2 amide bonds. The predicted molar refractivity (Wildman–Crippen MR) is 121 cm³/mol. The number of hydrogen-bond donors (Lipinski definition) is 1. The fraction of sp³-hybridized carbons (Fsp3) is 0.417. The molecular formula is C24H32N2O2S. The van der Waals surface area contributed by atoms with Gasteiger partial charge in [0.1, 0.15) is 6.04 Å². The normalized spacial score (nSPS) is 11.7. The summed E-state index contributed by atoms with van der Waals surface area (Å²) in [5.74, 6) is 0.660. The molecule has 29 heavy (non-hydrogen) atoms. The van der Waals surface area contributed by atoms with Gasteiger partial charge in [-0.2, -0.15) is 0 Å². The second kappa shape index (κ2) is 13.0. The first-order valence-electron chi connectivity index (χ1n) is 10.4. The van der Waals surface area contributed by atoms with Gasteiger partial charge >= 0.3 is 0 Å². The van der Waals surface area contributed by atoms with Crippen LogP contribution in [0.3, 0.4) is 0 Å². The first-order valence-corrected chi connectivity index (χ1v) is 11.4. The van der Waals surface area contributed by atoms with Gasteiger partial charge in [-0.1, -0.05) is 61.9 Å². The molecule has 0 radical (unpaired) electrons. The van der Waals surface area contributed by atoms with E-state index in [4.69, 9.17) is 0 Å². The Morgan fingerprint density at radius 1 is 1.03 bits per heavy atom. The van der Waals surface area contributed by atoms with Crippen LogP contribution in [0.25, 0.3) is 0 Å². The summed E-state index contributed by atoms with van der Waals surface area (Å²) in [6.45, 7) is 5.12. The summed E-state index contributed by atoms with van der Waals surface area (Å²) in [5, 5.41) is 2.96. The predicted octanol–water partition coefficient (Wildman–Crippen LogP) is 4.54. The van der Waals surface area contributed by atoms with Gasteiger partial charge in [0.25, 0.3) is 0 Å². The van der Waals surface area contributed by atoms with Crippen molar-refractivity contribution in [1.82, 2.24) is 10.2 Å². The molecule has 1 N–H and O–H groups in total. The topological polar surface area (TPSA) is 49.4 Å². The average Bonchev–Trinajstić information content (AvgIpc) is 2.75. The Bertz CT molecular complexity index is 737. The molecule has 0 saturated carbocycles. The summed E-state index contributed by atoms with van der Waals surface area (Å²) < 4.78 is 0. The van der Waals surface area contributed by atoms with Gasteiger partial charge in [-0.15, -0.1) is 11.8 Å². The maximum Gasteiger partial charge on any atom is 0.242 e. The number of rotatable bonds is 12. The van der Waals surface area contributed by atoms with Gasteiger partial charge in [0.2, 0.25) is 11.8 Å². The number of nitrogens with zero attached hydrogens (tertiary/aromatic N) is 1. The molecule has 2 aromatic rings. The molecule has 0 spiro atoms. The number of nitrogens with one attached hydrogen (secondary N) is 1. The molecule has 0 aliphatic rings. The quantitative estimate of drug-likeness (QED) is 0.411. The number of carbonyl (C=O) groups excluding carboxylic acids is 2. The number of unbranched alkanes of at least 4 members (excludes halogenated alkanes) is 1. The van der Waals surface area contributed by atoms with Crippen LogP contribution in [-0.4, -0.2) is 41.6 Å². The van der Waals surface area contributed by atoms with E-state index in [2.05, 4.69) is 24.4 Å². The van der Waals surface area contributed by atoms with Crippen molar-refractivity contribution in [1.29, 1.82) is 0 Å². The van der Waals surface area contributed by atoms with Gasteiger partial charge < -0.3 is 10.2 Å². The van der Waals surface area contributed by atoms with Crippen LogP contribution >= 0.6 is 11.8 Å². The third-order valence-corrected chi connectivity index (χ3v) is 5.82. The Hall–Kier alpha value is -2.27. The summed E-state index contributed by atoms with van der Waals surface area (Å²) in [7, 11) is 0. The number of amides is 2. The molecule has 0 bridgehead atoms. The van der Waals surface area contributed by atoms with Crippen LogP contribution < -0.4 is 5.32 Å². The van der Waals surface area contributed by atoms with Crippen LogP contribution in [0.2, 0.25) is 0 Å². The van der Waals surface area contributed by atoms with Crippen molar-refractivity contribution >= 4 is 23.6 Å². The molecule has 0 aromatic heterocycles. The SMILES string of the molecule is CCCCNC(=O)C(C)N(CCc1ccccc1)C(=O)CCSc1ccccc1. The van der Waals surface area contributed by atoms with Crippen LogP contribution in [0.4, 0.5) is 0 Å². The first-order chi connectivity index (χ1) is 14.1. The minimum atomic E-state index is -0.468. The summed E-state index contributed by atoms with van der Waals surface area (Å²) in [6.07, 6.45) is 3.14. The van der Waals surface area contributed by atoms with Crippen molar-refractivity contribution in [2.24, 2.45) is 0 Å². The minimum absolute atomic E-state index is 0.0301. The Balaban J connectivity index is 1.95. The van der Waals surface area contributed by atoms with Crippen molar-refractivity contribution in [2.45, 2.75) is 50.5 Å². The van der Waals surface area contributed by atoms with Gasteiger partial charge in [-0.25, -0.2) is 0 Å². The van der Waals surface area contributed by atoms with Gasteiger partial charge in [0.15, 0.2) is 0 Å². The van der Waals surface area contributed by atoms with E-state index in [9.17, 15) is 9.59 Å². The Labute approximate surface area is 179 Å². The molecule has 2 rings (SSSR count). The molecule has 4 nitrogen and oxygen atoms in total. The zero-order valence-corrected chi connectivity index (χ0v) is 18.3. The smallest absolute Gasteiger partial charge is 0.242 e.